The molecule has 0 saturated heterocycles. The van der Waals surface area contributed by atoms with Crippen molar-refractivity contribution in [2.45, 2.75) is 76.2 Å². The highest BCUT2D eigenvalue weighted by Crippen LogP contribution is 2.36. The number of hydrogen-bond donors (Lipinski definition) is 1. The molecule has 35 heavy (non-hydrogen) atoms. The molecule has 8 nitrogen and oxygen atoms in total. The number of nitrogens with one attached hydrogen (secondary N) is 1. The van der Waals surface area contributed by atoms with Crippen LogP contribution in [0.5, 0.6) is 5.19 Å². The molecule has 0 radical (unpaired) electrons. The molecule has 1 saturated carbocycles. The summed E-state index contributed by atoms with van der Waals surface area (Å²) in [7, 11) is 0. The number of nitrogens with zero attached hydrogens (tertiary/aromatic N) is 4. The van der Waals surface area contributed by atoms with Gasteiger partial charge in [-0.2, -0.15) is 13.2 Å². The number of amides is 1. The van der Waals surface area contributed by atoms with Crippen LogP contribution in [0.25, 0.3) is 0 Å². The van der Waals surface area contributed by atoms with Crippen LogP contribution in [-0.2, 0) is 24.1 Å². The van der Waals surface area contributed by atoms with E-state index < -0.39 is 18.5 Å². The van der Waals surface area contributed by atoms with Crippen LogP contribution in [0.2, 0.25) is 0 Å². The summed E-state index contributed by atoms with van der Waals surface area (Å²) in [5.74, 6) is 0.467. The van der Waals surface area contributed by atoms with Gasteiger partial charge < -0.3 is 19.4 Å². The summed E-state index contributed by atoms with van der Waals surface area (Å²) < 4.78 is 62.5. The minimum absolute atomic E-state index is 0.0172. The lowest BCUT2D eigenvalue weighted by Gasteiger charge is -2.35. The van der Waals surface area contributed by atoms with Gasteiger partial charge in [0.25, 0.3) is 5.19 Å². The van der Waals surface area contributed by atoms with E-state index in [-0.39, 0.29) is 29.5 Å². The number of aryl methyl sites for hydroxylation is 1. The number of aromatic nitrogens is 3. The van der Waals surface area contributed by atoms with Crippen LogP contribution in [0.3, 0.4) is 0 Å². The molecule has 0 bridgehead atoms. The van der Waals surface area contributed by atoms with E-state index in [1.54, 1.807) is 6.92 Å². The topological polar surface area (TPSA) is 93.4 Å². The number of carbonyl (C=O) groups excluding carboxylic acids is 1. The molecule has 3 heterocycles. The van der Waals surface area contributed by atoms with Crippen molar-refractivity contribution in [3.63, 3.8) is 0 Å². The van der Waals surface area contributed by atoms with E-state index in [0.717, 1.165) is 21.9 Å². The normalized spacial score (nSPS) is 23.5. The molecule has 1 amide bonds. The Balaban J connectivity index is 1.17. The Kier molecular flexibility index (Phi) is 7.94. The first-order chi connectivity index (χ1) is 16.6. The quantitative estimate of drug-likeness (QED) is 0.533. The van der Waals surface area contributed by atoms with Crippen molar-refractivity contribution >= 4 is 17.2 Å². The second-order valence-electron chi connectivity index (χ2n) is 9.23. The van der Waals surface area contributed by atoms with Gasteiger partial charge >= 0.3 is 6.18 Å². The van der Waals surface area contributed by atoms with E-state index in [4.69, 9.17) is 9.15 Å². The average Bonchev–Trinajstić information content (AvgIpc) is 3.33. The maximum Gasteiger partial charge on any atom is 0.422 e. The maximum absolute atomic E-state index is 15.4. The smallest absolute Gasteiger partial charge is 0.422 e. The lowest BCUT2D eigenvalue weighted by atomic mass is 9.81. The molecule has 1 N–H and O–H groups in total. The van der Waals surface area contributed by atoms with Gasteiger partial charge in [-0.1, -0.05) is 11.3 Å². The molecule has 0 aromatic carbocycles. The molecule has 2 aromatic heterocycles. The molecule has 1 aliphatic carbocycles. The Labute approximate surface area is 204 Å². The highest BCUT2D eigenvalue weighted by molar-refractivity contribution is 7.13. The number of ether oxygens (including phenoxy) is 1. The predicted molar refractivity (Wildman–Crippen MR) is 119 cm³/mol. The maximum atomic E-state index is 15.4. The number of carbonyl (C=O) groups is 1. The molecule has 0 atom stereocenters. The summed E-state index contributed by atoms with van der Waals surface area (Å²) in [5, 5.41) is 10.5. The monoisotopic (exact) mass is 519 g/mol. The second-order valence-corrected chi connectivity index (χ2v) is 10.3. The summed E-state index contributed by atoms with van der Waals surface area (Å²) in [6.07, 6.45) is -0.759. The number of halogens is 4. The van der Waals surface area contributed by atoms with Gasteiger partial charge in [-0.05, 0) is 38.5 Å². The molecule has 0 spiro atoms. The molecule has 194 valence electrons. The van der Waals surface area contributed by atoms with Crippen LogP contribution < -0.4 is 10.1 Å². The zero-order valence-corrected chi connectivity index (χ0v) is 20.3. The molecule has 0 unspecified atom stereocenters. The van der Waals surface area contributed by atoms with Crippen molar-refractivity contribution in [1.29, 1.82) is 0 Å². The van der Waals surface area contributed by atoms with Crippen molar-refractivity contribution in [2.75, 3.05) is 26.2 Å². The molecule has 1 fully saturated rings. The van der Waals surface area contributed by atoms with Gasteiger partial charge in [-0.25, -0.2) is 9.37 Å². The molecule has 13 heteroatoms. The largest absolute Gasteiger partial charge is 0.460 e. The van der Waals surface area contributed by atoms with Gasteiger partial charge in [-0.15, -0.1) is 10.2 Å². The predicted octanol–water partition coefficient (Wildman–Crippen LogP) is 3.58. The van der Waals surface area contributed by atoms with Crippen molar-refractivity contribution < 1.29 is 31.5 Å². The fourth-order valence-corrected chi connectivity index (χ4v) is 5.47. The third-order valence-corrected chi connectivity index (χ3v) is 7.51. The summed E-state index contributed by atoms with van der Waals surface area (Å²) in [6, 6.07) is -0.0654. The number of fused-ring (bicyclic) bond motifs is 1. The minimum Gasteiger partial charge on any atom is -0.460 e. The first kappa shape index (κ1) is 25.8. The van der Waals surface area contributed by atoms with Gasteiger partial charge in [0.05, 0.1) is 5.69 Å². The lowest BCUT2D eigenvalue weighted by Crippen LogP contribution is -2.43. The van der Waals surface area contributed by atoms with Gasteiger partial charge in [0.15, 0.2) is 6.61 Å². The lowest BCUT2D eigenvalue weighted by molar-refractivity contribution is -0.153. The van der Waals surface area contributed by atoms with E-state index in [9.17, 15) is 18.0 Å². The Morgan fingerprint density at radius 2 is 2.00 bits per heavy atom. The summed E-state index contributed by atoms with van der Waals surface area (Å²) in [5.41, 5.74) is -0.490. The van der Waals surface area contributed by atoms with E-state index in [0.29, 0.717) is 70.5 Å². The molecule has 2 aliphatic rings. The number of alkyl halides is 4. The molecular formula is C22H29F4N5O3S. The number of hydrogen-bond acceptors (Lipinski definition) is 8. The van der Waals surface area contributed by atoms with Gasteiger partial charge in [0.1, 0.15) is 12.1 Å². The third-order valence-electron chi connectivity index (χ3n) is 6.44. The van der Waals surface area contributed by atoms with Crippen molar-refractivity contribution in [3.8, 4) is 5.19 Å². The Hall–Kier alpha value is -2.28. The highest BCUT2D eigenvalue weighted by atomic mass is 32.1. The van der Waals surface area contributed by atoms with Crippen molar-refractivity contribution in [3.05, 3.63) is 22.4 Å². The van der Waals surface area contributed by atoms with Crippen LogP contribution >= 0.6 is 11.3 Å². The van der Waals surface area contributed by atoms with Crippen LogP contribution in [-0.4, -0.2) is 70.1 Å². The van der Waals surface area contributed by atoms with Crippen molar-refractivity contribution in [2.24, 2.45) is 0 Å². The van der Waals surface area contributed by atoms with E-state index in [1.807, 2.05) is 0 Å². The van der Waals surface area contributed by atoms with E-state index in [2.05, 4.69) is 25.4 Å². The molecular weight excluding hydrogens is 490 g/mol. The van der Waals surface area contributed by atoms with Crippen LogP contribution in [0.15, 0.2) is 4.42 Å². The first-order valence-corrected chi connectivity index (χ1v) is 12.6. The van der Waals surface area contributed by atoms with Crippen LogP contribution in [0.4, 0.5) is 17.6 Å². The average molecular weight is 520 g/mol. The SMILES string of the molecule is Cc1nnc(CC(=O)N[C@H]2CC[C@](F)(CCN3CCc4nc(OCC(F)(F)F)sc4CC3)CC2)o1. The fraction of sp³-hybridized carbons (Fsp3) is 0.727. The first-order valence-electron chi connectivity index (χ1n) is 11.7. The number of thiazole rings is 1. The highest BCUT2D eigenvalue weighted by Gasteiger charge is 2.36. The van der Waals surface area contributed by atoms with E-state index in [1.165, 1.54) is 0 Å². The summed E-state index contributed by atoms with van der Waals surface area (Å²) in [6.45, 7) is 2.31. The minimum atomic E-state index is -4.39. The number of rotatable bonds is 8. The molecule has 2 aromatic rings. The fourth-order valence-electron chi connectivity index (χ4n) is 4.53. The summed E-state index contributed by atoms with van der Waals surface area (Å²) >= 11 is 1.16. The standard InChI is InChI=1S/C22H29F4N5O3S/c1-14-29-30-19(34-14)12-18(32)27-15-2-6-21(23,7-3-15)8-11-31-9-4-16-17(5-10-31)35-20(28-16)33-13-22(24,25)26/h15H,2-13H2,1H3,(H,27,32)/t15-,21+. The second kappa shape index (κ2) is 10.8. The van der Waals surface area contributed by atoms with Crippen LogP contribution in [0, 0.1) is 6.92 Å². The Morgan fingerprint density at radius 1 is 1.26 bits per heavy atom. The zero-order chi connectivity index (χ0) is 25.1. The van der Waals surface area contributed by atoms with Crippen molar-refractivity contribution in [1.82, 2.24) is 25.4 Å². The van der Waals surface area contributed by atoms with Gasteiger partial charge in [0.2, 0.25) is 17.7 Å². The summed E-state index contributed by atoms with van der Waals surface area (Å²) in [4.78, 5) is 19.5. The van der Waals surface area contributed by atoms with Gasteiger partial charge in [-0.3, -0.25) is 4.79 Å². The molecule has 4 rings (SSSR count). The molecule has 1 aliphatic heterocycles. The zero-order valence-electron chi connectivity index (χ0n) is 19.5. The third kappa shape index (κ3) is 7.60. The van der Waals surface area contributed by atoms with Crippen LogP contribution in [0.1, 0.15) is 54.5 Å². The Bertz CT molecular complexity index is 978. The van der Waals surface area contributed by atoms with E-state index >= 15 is 4.39 Å². The Morgan fingerprint density at radius 3 is 2.69 bits per heavy atom. The van der Waals surface area contributed by atoms with Gasteiger partial charge in [0, 0.05) is 43.9 Å².